The van der Waals surface area contributed by atoms with Gasteiger partial charge in [0.2, 0.25) is 0 Å². The number of non-ortho nitro benzene ring substituents is 1. The van der Waals surface area contributed by atoms with Crippen LogP contribution in [0.2, 0.25) is 0 Å². The summed E-state index contributed by atoms with van der Waals surface area (Å²) in [4.78, 5) is 39.7. The predicted octanol–water partition coefficient (Wildman–Crippen LogP) is 2.60. The minimum Gasteiger partial charge on any atom is -0.507 e. The van der Waals surface area contributed by atoms with Crippen LogP contribution in [0.15, 0.2) is 48.0 Å². The molecule has 1 saturated heterocycles. The Balaban J connectivity index is 2.16. The van der Waals surface area contributed by atoms with E-state index in [9.17, 15) is 24.8 Å². The van der Waals surface area contributed by atoms with E-state index in [1.807, 2.05) is 19.0 Å². The average molecular weight is 455 g/mol. The summed E-state index contributed by atoms with van der Waals surface area (Å²) >= 11 is 0. The van der Waals surface area contributed by atoms with Crippen LogP contribution in [0.25, 0.3) is 5.76 Å². The Bertz CT molecular complexity index is 1110. The fourth-order valence-electron chi connectivity index (χ4n) is 3.68. The summed E-state index contributed by atoms with van der Waals surface area (Å²) in [6.07, 6.45) is 0. The number of hydrogen-bond donors (Lipinski definition) is 1. The van der Waals surface area contributed by atoms with E-state index in [4.69, 9.17) is 9.47 Å². The highest BCUT2D eigenvalue weighted by molar-refractivity contribution is 6.46. The molecular formula is C23H25N3O7. The summed E-state index contributed by atoms with van der Waals surface area (Å²) in [5.41, 5.74) is 0.523. The SMILES string of the molecule is COc1ccc(C(O)=C2C(=O)C(=O)N(CCN(C)C)[C@H]2c2ccc([N+](=O)[O-])cc2)cc1OC. The van der Waals surface area contributed by atoms with Crippen molar-refractivity contribution in [2.75, 3.05) is 41.4 Å². The number of amides is 1. The van der Waals surface area contributed by atoms with Crippen LogP contribution < -0.4 is 9.47 Å². The van der Waals surface area contributed by atoms with Crippen molar-refractivity contribution in [1.29, 1.82) is 0 Å². The van der Waals surface area contributed by atoms with E-state index in [1.165, 1.54) is 49.5 Å². The third-order valence-corrected chi connectivity index (χ3v) is 5.40. The van der Waals surface area contributed by atoms with E-state index in [2.05, 4.69) is 0 Å². The van der Waals surface area contributed by atoms with Crippen LogP contribution in [-0.2, 0) is 9.59 Å². The van der Waals surface area contributed by atoms with Crippen LogP contribution in [-0.4, -0.2) is 72.9 Å². The van der Waals surface area contributed by atoms with E-state index < -0.39 is 22.7 Å². The highest BCUT2D eigenvalue weighted by Crippen LogP contribution is 2.40. The van der Waals surface area contributed by atoms with Crippen molar-refractivity contribution >= 4 is 23.1 Å². The zero-order chi connectivity index (χ0) is 24.3. The summed E-state index contributed by atoms with van der Waals surface area (Å²) in [6.45, 7) is 0.703. The molecule has 0 radical (unpaired) electrons. The number of ether oxygens (including phenoxy) is 2. The molecule has 2 aromatic carbocycles. The van der Waals surface area contributed by atoms with Crippen LogP contribution in [0.5, 0.6) is 11.5 Å². The summed E-state index contributed by atoms with van der Waals surface area (Å²) in [5.74, 6) is -1.17. The Labute approximate surface area is 190 Å². The third kappa shape index (κ3) is 4.65. The second-order valence-corrected chi connectivity index (χ2v) is 7.71. The van der Waals surface area contributed by atoms with Crippen LogP contribution in [0.4, 0.5) is 5.69 Å². The maximum absolute atomic E-state index is 13.0. The van der Waals surface area contributed by atoms with E-state index in [1.54, 1.807) is 12.1 Å². The number of likely N-dealkylation sites (tertiary alicyclic amines) is 1. The molecule has 10 heteroatoms. The number of methoxy groups -OCH3 is 2. The van der Waals surface area contributed by atoms with E-state index in [0.29, 0.717) is 23.6 Å². The normalized spacial score (nSPS) is 17.5. The Kier molecular flexibility index (Phi) is 6.98. The van der Waals surface area contributed by atoms with Gasteiger partial charge >= 0.3 is 0 Å². The minimum absolute atomic E-state index is 0.0974. The number of nitro benzene ring substituents is 1. The third-order valence-electron chi connectivity index (χ3n) is 5.40. The van der Waals surface area contributed by atoms with Crippen molar-refractivity contribution in [2.24, 2.45) is 0 Å². The van der Waals surface area contributed by atoms with E-state index in [-0.39, 0.29) is 29.1 Å². The molecule has 1 amide bonds. The second-order valence-electron chi connectivity index (χ2n) is 7.71. The number of ketones is 1. The highest BCUT2D eigenvalue weighted by Gasteiger charge is 2.46. The number of aliphatic hydroxyl groups excluding tert-OH is 1. The molecule has 0 spiro atoms. The average Bonchev–Trinajstić information content (AvgIpc) is 3.06. The first-order valence-corrected chi connectivity index (χ1v) is 10.1. The van der Waals surface area contributed by atoms with Gasteiger partial charge in [0, 0.05) is 30.8 Å². The van der Waals surface area contributed by atoms with Crippen molar-refractivity contribution < 1.29 is 29.1 Å². The number of hydrogen-bond acceptors (Lipinski definition) is 8. The minimum atomic E-state index is -0.904. The Morgan fingerprint density at radius 2 is 1.73 bits per heavy atom. The number of likely N-dealkylation sites (N-methyl/N-ethyl adjacent to an activating group) is 1. The molecule has 1 fully saturated rings. The molecule has 1 aliphatic heterocycles. The summed E-state index contributed by atoms with van der Waals surface area (Å²) in [5, 5.41) is 22.2. The molecule has 33 heavy (non-hydrogen) atoms. The van der Waals surface area contributed by atoms with Crippen LogP contribution in [0, 0.1) is 10.1 Å². The summed E-state index contributed by atoms with van der Waals surface area (Å²) in [7, 11) is 6.59. The van der Waals surface area contributed by atoms with Gasteiger partial charge in [0.25, 0.3) is 17.4 Å². The molecule has 0 bridgehead atoms. The maximum Gasteiger partial charge on any atom is 0.295 e. The molecule has 174 valence electrons. The quantitative estimate of drug-likeness (QED) is 0.212. The Morgan fingerprint density at radius 1 is 1.09 bits per heavy atom. The number of nitrogens with zero attached hydrogens (tertiary/aromatic N) is 3. The van der Waals surface area contributed by atoms with Gasteiger partial charge in [0.05, 0.1) is 30.8 Å². The van der Waals surface area contributed by atoms with Gasteiger partial charge in [-0.25, -0.2) is 0 Å². The van der Waals surface area contributed by atoms with Crippen LogP contribution >= 0.6 is 0 Å². The van der Waals surface area contributed by atoms with Crippen molar-refractivity contribution in [3.05, 3.63) is 69.3 Å². The molecule has 1 heterocycles. The monoisotopic (exact) mass is 455 g/mol. The first kappa shape index (κ1) is 23.7. The molecular weight excluding hydrogens is 430 g/mol. The van der Waals surface area contributed by atoms with Gasteiger partial charge in [-0.3, -0.25) is 19.7 Å². The predicted molar refractivity (Wildman–Crippen MR) is 120 cm³/mol. The molecule has 0 aromatic heterocycles. The Morgan fingerprint density at radius 3 is 2.27 bits per heavy atom. The molecule has 1 aliphatic rings. The fourth-order valence-corrected chi connectivity index (χ4v) is 3.68. The molecule has 0 saturated carbocycles. The topological polar surface area (TPSA) is 122 Å². The zero-order valence-corrected chi connectivity index (χ0v) is 18.8. The number of benzene rings is 2. The van der Waals surface area contributed by atoms with Crippen molar-refractivity contribution in [3.8, 4) is 11.5 Å². The summed E-state index contributed by atoms with van der Waals surface area (Å²) < 4.78 is 10.5. The lowest BCUT2D eigenvalue weighted by Gasteiger charge is -2.26. The summed E-state index contributed by atoms with van der Waals surface area (Å²) in [6, 6.07) is 9.31. The molecule has 2 aromatic rings. The van der Waals surface area contributed by atoms with Crippen molar-refractivity contribution in [3.63, 3.8) is 0 Å². The molecule has 0 aliphatic carbocycles. The van der Waals surface area contributed by atoms with Crippen molar-refractivity contribution in [1.82, 2.24) is 9.80 Å². The van der Waals surface area contributed by atoms with Gasteiger partial charge in [0.1, 0.15) is 5.76 Å². The lowest BCUT2D eigenvalue weighted by atomic mass is 9.95. The molecule has 0 unspecified atom stereocenters. The number of aliphatic hydroxyl groups is 1. The zero-order valence-electron chi connectivity index (χ0n) is 18.8. The molecule has 10 nitrogen and oxygen atoms in total. The van der Waals surface area contributed by atoms with E-state index >= 15 is 0 Å². The van der Waals surface area contributed by atoms with Gasteiger partial charge in [-0.15, -0.1) is 0 Å². The van der Waals surface area contributed by atoms with Gasteiger partial charge in [0.15, 0.2) is 11.5 Å². The number of rotatable bonds is 8. The van der Waals surface area contributed by atoms with Gasteiger partial charge in [-0.05, 0) is 50.0 Å². The second kappa shape index (κ2) is 9.70. The largest absolute Gasteiger partial charge is 0.507 e. The maximum atomic E-state index is 13.0. The lowest BCUT2D eigenvalue weighted by Crippen LogP contribution is -2.35. The van der Waals surface area contributed by atoms with Gasteiger partial charge in [-0.2, -0.15) is 0 Å². The standard InChI is InChI=1S/C23H25N3O7/c1-24(2)11-12-25-20(14-5-8-16(9-6-14)26(30)31)19(22(28)23(25)29)21(27)15-7-10-17(32-3)18(13-15)33-4/h5-10,13,20,27H,11-12H2,1-4H3/t20-/m0/s1. The van der Waals surface area contributed by atoms with Crippen molar-refractivity contribution in [2.45, 2.75) is 6.04 Å². The van der Waals surface area contributed by atoms with Crippen LogP contribution in [0.1, 0.15) is 17.2 Å². The molecule has 3 rings (SSSR count). The number of carbonyl (C=O) groups is 2. The number of carbonyl (C=O) groups excluding carboxylic acids is 2. The van der Waals surface area contributed by atoms with Gasteiger partial charge < -0.3 is 24.4 Å². The molecule has 1 N–H and O–H groups in total. The van der Waals surface area contributed by atoms with E-state index in [0.717, 1.165) is 0 Å². The van der Waals surface area contributed by atoms with Gasteiger partial charge in [-0.1, -0.05) is 0 Å². The smallest absolute Gasteiger partial charge is 0.295 e. The fraction of sp³-hybridized carbons (Fsp3) is 0.304. The number of Topliss-reactive ketones (excluding diaryl/α,β-unsaturated/α-hetero) is 1. The van der Waals surface area contributed by atoms with Crippen LogP contribution in [0.3, 0.4) is 0 Å². The highest BCUT2D eigenvalue weighted by atomic mass is 16.6. The lowest BCUT2D eigenvalue weighted by molar-refractivity contribution is -0.384. The number of nitro groups is 1. The molecule has 1 atom stereocenters. The first-order chi connectivity index (χ1) is 15.7. The first-order valence-electron chi connectivity index (χ1n) is 10.1. The Hall–Kier alpha value is -3.92.